The highest BCUT2D eigenvalue weighted by Gasteiger charge is 2.06. The van der Waals surface area contributed by atoms with Crippen molar-refractivity contribution in [1.29, 1.82) is 5.41 Å². The van der Waals surface area contributed by atoms with Crippen molar-refractivity contribution in [1.82, 2.24) is 0 Å². The summed E-state index contributed by atoms with van der Waals surface area (Å²) in [4.78, 5) is 0. The van der Waals surface area contributed by atoms with Crippen molar-refractivity contribution in [3.8, 4) is 0 Å². The lowest BCUT2D eigenvalue weighted by Gasteiger charge is -1.97. The molecule has 0 saturated carbocycles. The Hall–Kier alpha value is -0.620. The van der Waals surface area contributed by atoms with E-state index in [0.29, 0.717) is 0 Å². The van der Waals surface area contributed by atoms with E-state index < -0.39 is 16.3 Å². The van der Waals surface area contributed by atoms with Crippen LogP contribution in [0.25, 0.3) is 0 Å². The Balaban J connectivity index is 3.91. The molecule has 0 aromatic carbocycles. The molecule has 9 heavy (non-hydrogen) atoms. The maximum atomic E-state index is 9.79. The molecule has 0 fully saturated rings. The van der Waals surface area contributed by atoms with E-state index >= 15 is 0 Å². The molecule has 0 saturated heterocycles. The highest BCUT2D eigenvalue weighted by Crippen LogP contribution is 1.90. The minimum Gasteiger partial charge on any atom is -0.346 e. The van der Waals surface area contributed by atoms with E-state index in [1.165, 1.54) is 6.92 Å². The fourth-order valence-electron chi connectivity index (χ4n) is 0.186. The Labute approximate surface area is 53.1 Å². The van der Waals surface area contributed by atoms with Gasteiger partial charge in [0.1, 0.15) is 0 Å². The van der Waals surface area contributed by atoms with Crippen LogP contribution in [0.5, 0.6) is 0 Å². The minimum absolute atomic E-state index is 0.139. The van der Waals surface area contributed by atoms with Gasteiger partial charge in [-0.1, -0.05) is 6.92 Å². The van der Waals surface area contributed by atoms with Gasteiger partial charge in [-0.15, -0.1) is 0 Å². The van der Waals surface area contributed by atoms with Crippen LogP contribution in [0.4, 0.5) is 0 Å². The molecular formula is C3H7NO4S. The van der Waals surface area contributed by atoms with Crippen LogP contribution in [-0.4, -0.2) is 18.9 Å². The van der Waals surface area contributed by atoms with Crippen LogP contribution in [0.2, 0.25) is 0 Å². The van der Waals surface area contributed by atoms with Crippen molar-refractivity contribution in [2.24, 2.45) is 0 Å². The first-order valence-electron chi connectivity index (χ1n) is 2.20. The topological polar surface area (TPSA) is 87.5 Å². The predicted octanol–water partition coefficient (Wildman–Crippen LogP) is 0.193. The molecule has 0 atom stereocenters. The first-order valence-corrected chi connectivity index (χ1v) is 3.56. The summed E-state index contributed by atoms with van der Waals surface area (Å²) in [6.45, 7) is 1.54. The summed E-state index contributed by atoms with van der Waals surface area (Å²) < 4.78 is 31.2. The van der Waals surface area contributed by atoms with E-state index in [-0.39, 0.29) is 6.42 Å². The summed E-state index contributed by atoms with van der Waals surface area (Å²) in [5, 5.41) is 6.63. The summed E-state index contributed by atoms with van der Waals surface area (Å²) in [7, 11) is -4.46. The second kappa shape index (κ2) is 2.79. The molecule has 0 heterocycles. The molecule has 0 aliphatic heterocycles. The van der Waals surface area contributed by atoms with Crippen molar-refractivity contribution >= 4 is 16.3 Å². The zero-order valence-electron chi connectivity index (χ0n) is 4.79. The van der Waals surface area contributed by atoms with E-state index in [2.05, 4.69) is 4.18 Å². The van der Waals surface area contributed by atoms with Crippen molar-refractivity contribution in [2.75, 3.05) is 0 Å². The monoisotopic (exact) mass is 153 g/mol. The molecule has 0 aromatic rings. The van der Waals surface area contributed by atoms with Crippen LogP contribution in [0.1, 0.15) is 13.3 Å². The van der Waals surface area contributed by atoms with Gasteiger partial charge in [-0.2, -0.15) is 8.42 Å². The molecule has 0 bridgehead atoms. The van der Waals surface area contributed by atoms with Gasteiger partial charge < -0.3 is 4.18 Å². The van der Waals surface area contributed by atoms with Crippen molar-refractivity contribution < 1.29 is 17.2 Å². The van der Waals surface area contributed by atoms with Gasteiger partial charge in [0.2, 0.25) is 5.90 Å². The summed E-state index contributed by atoms with van der Waals surface area (Å²) in [6, 6.07) is 0. The quantitative estimate of drug-likeness (QED) is 0.337. The van der Waals surface area contributed by atoms with Crippen LogP contribution in [-0.2, 0) is 14.6 Å². The van der Waals surface area contributed by atoms with E-state index in [0.717, 1.165) is 0 Å². The van der Waals surface area contributed by atoms with Crippen LogP contribution < -0.4 is 0 Å². The smallest absolute Gasteiger partial charge is 0.346 e. The van der Waals surface area contributed by atoms with Crippen molar-refractivity contribution in [2.45, 2.75) is 13.3 Å². The second-order valence-corrected chi connectivity index (χ2v) is 2.31. The molecule has 2 N–H and O–H groups in total. The van der Waals surface area contributed by atoms with Gasteiger partial charge in [-0.3, -0.25) is 9.96 Å². The molecule has 0 amide bonds. The van der Waals surface area contributed by atoms with Gasteiger partial charge in [0, 0.05) is 6.42 Å². The molecule has 0 unspecified atom stereocenters. The first-order chi connectivity index (χ1) is 3.95. The summed E-state index contributed by atoms with van der Waals surface area (Å²) >= 11 is 0. The lowest BCUT2D eigenvalue weighted by atomic mass is 10.5. The Morgan fingerprint density at radius 1 is 1.78 bits per heavy atom. The fraction of sp³-hybridized carbons (Fsp3) is 0.667. The van der Waals surface area contributed by atoms with Gasteiger partial charge in [0.05, 0.1) is 0 Å². The van der Waals surface area contributed by atoms with Gasteiger partial charge in [-0.05, 0) is 0 Å². The molecule has 0 radical (unpaired) electrons. The third-order valence-electron chi connectivity index (χ3n) is 0.527. The van der Waals surface area contributed by atoms with Gasteiger partial charge in [0.25, 0.3) is 0 Å². The van der Waals surface area contributed by atoms with E-state index in [1.807, 2.05) is 0 Å². The summed E-state index contributed by atoms with van der Waals surface area (Å²) in [5.74, 6) is -0.475. The van der Waals surface area contributed by atoms with Crippen molar-refractivity contribution in [3.63, 3.8) is 0 Å². The zero-order valence-corrected chi connectivity index (χ0v) is 5.60. The summed E-state index contributed by atoms with van der Waals surface area (Å²) in [6.07, 6.45) is 0.139. The molecule has 0 rings (SSSR count). The molecule has 0 spiro atoms. The number of hydrogen-bond donors (Lipinski definition) is 2. The largest absolute Gasteiger partial charge is 0.447 e. The highest BCUT2D eigenvalue weighted by atomic mass is 32.3. The van der Waals surface area contributed by atoms with Crippen LogP contribution in [0.15, 0.2) is 0 Å². The molecule has 54 valence electrons. The lowest BCUT2D eigenvalue weighted by molar-refractivity contribution is 0.377. The van der Waals surface area contributed by atoms with Crippen molar-refractivity contribution in [3.05, 3.63) is 0 Å². The highest BCUT2D eigenvalue weighted by molar-refractivity contribution is 7.81. The van der Waals surface area contributed by atoms with Gasteiger partial charge >= 0.3 is 10.4 Å². The second-order valence-electron chi connectivity index (χ2n) is 1.29. The van der Waals surface area contributed by atoms with Crippen LogP contribution in [0.3, 0.4) is 0 Å². The molecule has 6 heteroatoms. The van der Waals surface area contributed by atoms with E-state index in [1.54, 1.807) is 0 Å². The number of hydrogen-bond acceptors (Lipinski definition) is 4. The Kier molecular flexibility index (Phi) is 2.60. The third kappa shape index (κ3) is 5.25. The standard InChI is InChI=1S/C3H7NO4S/c1-2-3(4)8-9(5,6)7/h4H,2H2,1H3,(H,5,6,7). The third-order valence-corrected chi connectivity index (χ3v) is 0.939. The van der Waals surface area contributed by atoms with E-state index in [4.69, 9.17) is 9.96 Å². The van der Waals surface area contributed by atoms with Crippen LogP contribution in [0, 0.1) is 5.41 Å². The Bertz CT molecular complexity index is 194. The Morgan fingerprint density at radius 2 is 2.22 bits per heavy atom. The lowest BCUT2D eigenvalue weighted by Crippen LogP contribution is -2.09. The fourth-order valence-corrected chi connectivity index (χ4v) is 0.558. The average molecular weight is 153 g/mol. The maximum absolute atomic E-state index is 9.79. The molecule has 0 aliphatic rings. The predicted molar refractivity (Wildman–Crippen MR) is 30.7 cm³/mol. The van der Waals surface area contributed by atoms with Crippen LogP contribution >= 0.6 is 0 Å². The molecule has 5 nitrogen and oxygen atoms in total. The summed E-state index contributed by atoms with van der Waals surface area (Å²) in [5.41, 5.74) is 0. The first kappa shape index (κ1) is 8.38. The number of rotatable bonds is 2. The zero-order chi connectivity index (χ0) is 7.49. The van der Waals surface area contributed by atoms with Gasteiger partial charge in [0.15, 0.2) is 0 Å². The SMILES string of the molecule is CCC(=N)OS(=O)(=O)O. The molecule has 0 aromatic heterocycles. The van der Waals surface area contributed by atoms with Gasteiger partial charge in [-0.25, -0.2) is 0 Å². The molecule has 0 aliphatic carbocycles. The minimum atomic E-state index is -4.46. The Morgan fingerprint density at radius 3 is 2.33 bits per heavy atom. The normalized spacial score (nSPS) is 10.9. The number of nitrogens with one attached hydrogen (secondary N) is 1. The van der Waals surface area contributed by atoms with E-state index in [9.17, 15) is 8.42 Å². The maximum Gasteiger partial charge on any atom is 0.447 e. The average Bonchev–Trinajstić information content (AvgIpc) is 1.62. The molecular weight excluding hydrogens is 146 g/mol.